The van der Waals surface area contributed by atoms with Crippen molar-refractivity contribution in [3.05, 3.63) is 167 Å². The molecule has 0 radical (unpaired) electrons. The molecule has 0 bridgehead atoms. The minimum atomic E-state index is -0.0769. The SMILES string of the molecule is Cc1ccc(N(c2ccc(C)cc2)c2ccc(C=C3C=CC=C4C=CC=CC45CC=CC=C35)cc2)cc1. The predicted octanol–water partition coefficient (Wildman–Crippen LogP) is 9.65. The van der Waals surface area contributed by atoms with Crippen LogP contribution in [0.4, 0.5) is 17.1 Å². The van der Waals surface area contributed by atoms with Gasteiger partial charge in [-0.15, -0.1) is 0 Å². The molecule has 6 rings (SSSR count). The van der Waals surface area contributed by atoms with E-state index in [1.807, 2.05) is 0 Å². The summed E-state index contributed by atoms with van der Waals surface area (Å²) in [6, 6.07) is 26.4. The molecule has 3 aromatic rings. The van der Waals surface area contributed by atoms with E-state index in [1.54, 1.807) is 0 Å². The minimum Gasteiger partial charge on any atom is -0.311 e. The fourth-order valence-corrected chi connectivity index (χ4v) is 5.50. The number of benzene rings is 3. The zero-order valence-corrected chi connectivity index (χ0v) is 21.4. The van der Waals surface area contributed by atoms with Crippen molar-refractivity contribution >= 4 is 23.1 Å². The van der Waals surface area contributed by atoms with Crippen molar-refractivity contribution in [1.29, 1.82) is 0 Å². The highest BCUT2D eigenvalue weighted by atomic mass is 15.1. The molecule has 0 N–H and O–H groups in total. The van der Waals surface area contributed by atoms with Crippen LogP contribution in [-0.2, 0) is 0 Å². The molecule has 3 aliphatic carbocycles. The first-order valence-electron chi connectivity index (χ1n) is 13.0. The van der Waals surface area contributed by atoms with Crippen LogP contribution < -0.4 is 4.90 Å². The number of aryl methyl sites for hydroxylation is 2. The van der Waals surface area contributed by atoms with E-state index in [2.05, 4.69) is 158 Å². The maximum Gasteiger partial charge on any atom is 0.0462 e. The number of nitrogens with zero attached hydrogens (tertiary/aromatic N) is 1. The maximum absolute atomic E-state index is 2.36. The summed E-state index contributed by atoms with van der Waals surface area (Å²) in [5.74, 6) is 0. The Hall–Kier alpha value is -4.36. The third-order valence-electron chi connectivity index (χ3n) is 7.52. The smallest absolute Gasteiger partial charge is 0.0462 e. The molecule has 1 heteroatoms. The molecule has 3 aromatic carbocycles. The third-order valence-corrected chi connectivity index (χ3v) is 7.52. The van der Waals surface area contributed by atoms with E-state index in [9.17, 15) is 0 Å². The second-order valence-electron chi connectivity index (χ2n) is 10.1. The van der Waals surface area contributed by atoms with Crippen LogP contribution >= 0.6 is 0 Å². The molecular formula is C36H31N. The molecule has 0 aliphatic heterocycles. The van der Waals surface area contributed by atoms with Crippen LogP contribution in [0.1, 0.15) is 23.1 Å². The Morgan fingerprint density at radius 3 is 1.92 bits per heavy atom. The van der Waals surface area contributed by atoms with Crippen LogP contribution in [0, 0.1) is 19.3 Å². The van der Waals surface area contributed by atoms with E-state index >= 15 is 0 Å². The molecule has 37 heavy (non-hydrogen) atoms. The van der Waals surface area contributed by atoms with E-state index in [4.69, 9.17) is 0 Å². The van der Waals surface area contributed by atoms with Gasteiger partial charge in [0.25, 0.3) is 0 Å². The minimum absolute atomic E-state index is 0.0769. The number of hydrogen-bond acceptors (Lipinski definition) is 1. The van der Waals surface area contributed by atoms with Gasteiger partial charge in [0.2, 0.25) is 0 Å². The summed E-state index contributed by atoms with van der Waals surface area (Å²) in [7, 11) is 0. The zero-order valence-electron chi connectivity index (χ0n) is 21.4. The second kappa shape index (κ2) is 9.59. The molecule has 0 aromatic heterocycles. The van der Waals surface area contributed by atoms with Gasteiger partial charge in [-0.1, -0.05) is 108 Å². The molecule has 3 aliphatic rings. The van der Waals surface area contributed by atoms with E-state index in [0.717, 1.165) is 23.5 Å². The molecule has 0 amide bonds. The second-order valence-corrected chi connectivity index (χ2v) is 10.1. The molecule has 1 spiro atoms. The lowest BCUT2D eigenvalue weighted by atomic mass is 9.66. The topological polar surface area (TPSA) is 3.24 Å². The quantitative estimate of drug-likeness (QED) is 0.361. The first kappa shape index (κ1) is 23.1. The lowest BCUT2D eigenvalue weighted by Gasteiger charge is -2.37. The summed E-state index contributed by atoms with van der Waals surface area (Å²) >= 11 is 0. The average molecular weight is 478 g/mol. The Morgan fingerprint density at radius 1 is 0.649 bits per heavy atom. The third kappa shape index (κ3) is 4.38. The summed E-state index contributed by atoms with van der Waals surface area (Å²) < 4.78 is 0. The fourth-order valence-electron chi connectivity index (χ4n) is 5.50. The summed E-state index contributed by atoms with van der Waals surface area (Å²) in [5, 5.41) is 0. The Labute approximate surface area is 220 Å². The largest absolute Gasteiger partial charge is 0.311 e. The lowest BCUT2D eigenvalue weighted by molar-refractivity contribution is 0.571. The maximum atomic E-state index is 2.36. The Kier molecular flexibility index (Phi) is 5.98. The molecule has 0 saturated heterocycles. The van der Waals surface area contributed by atoms with Gasteiger partial charge in [0.15, 0.2) is 0 Å². The Bertz CT molecular complexity index is 1470. The standard InChI is InChI=1S/C36H31N/c1-27-12-18-32(19-13-27)37(33-20-14-28(2)15-21-33)34-22-16-29(17-23-34)26-30-8-7-10-31-9-3-5-24-36(31)25-6-4-11-35(30)36/h3-24,26H,25H2,1-2H3. The summed E-state index contributed by atoms with van der Waals surface area (Å²) in [4.78, 5) is 2.32. The van der Waals surface area contributed by atoms with Crippen molar-refractivity contribution in [2.75, 3.05) is 4.90 Å². The fraction of sp³-hybridized carbons (Fsp3) is 0.111. The number of rotatable bonds is 4. The van der Waals surface area contributed by atoms with Crippen molar-refractivity contribution < 1.29 is 0 Å². The summed E-state index contributed by atoms with van der Waals surface area (Å²) in [6.45, 7) is 4.26. The van der Waals surface area contributed by atoms with Gasteiger partial charge >= 0.3 is 0 Å². The van der Waals surface area contributed by atoms with Crippen molar-refractivity contribution in [3.63, 3.8) is 0 Å². The van der Waals surface area contributed by atoms with Gasteiger partial charge in [-0.25, -0.2) is 0 Å². The van der Waals surface area contributed by atoms with Crippen molar-refractivity contribution in [2.24, 2.45) is 5.41 Å². The summed E-state index contributed by atoms with van der Waals surface area (Å²) in [5.41, 5.74) is 11.1. The van der Waals surface area contributed by atoms with Crippen LogP contribution in [0.25, 0.3) is 6.08 Å². The summed E-state index contributed by atoms with van der Waals surface area (Å²) in [6.07, 6.45) is 25.7. The van der Waals surface area contributed by atoms with Gasteiger partial charge in [0.05, 0.1) is 0 Å². The zero-order chi connectivity index (χ0) is 25.2. The normalized spacial score (nSPS) is 20.6. The number of hydrogen-bond donors (Lipinski definition) is 0. The van der Waals surface area contributed by atoms with Gasteiger partial charge < -0.3 is 4.90 Å². The highest BCUT2D eigenvalue weighted by molar-refractivity contribution is 5.78. The average Bonchev–Trinajstić information content (AvgIpc) is 3.09. The molecule has 0 heterocycles. The van der Waals surface area contributed by atoms with Gasteiger partial charge in [0.1, 0.15) is 0 Å². The molecule has 0 fully saturated rings. The van der Waals surface area contributed by atoms with E-state index in [-0.39, 0.29) is 5.41 Å². The molecule has 1 unspecified atom stereocenters. The lowest BCUT2D eigenvalue weighted by Crippen LogP contribution is -2.25. The predicted molar refractivity (Wildman–Crippen MR) is 158 cm³/mol. The highest BCUT2D eigenvalue weighted by Gasteiger charge is 2.37. The Balaban J connectivity index is 1.37. The van der Waals surface area contributed by atoms with Crippen LogP contribution in [-0.4, -0.2) is 0 Å². The first-order chi connectivity index (χ1) is 18.1. The highest BCUT2D eigenvalue weighted by Crippen LogP contribution is 2.50. The Morgan fingerprint density at radius 2 is 1.27 bits per heavy atom. The van der Waals surface area contributed by atoms with Gasteiger partial charge in [-0.2, -0.15) is 0 Å². The van der Waals surface area contributed by atoms with Crippen molar-refractivity contribution in [1.82, 2.24) is 0 Å². The number of anilines is 3. The molecule has 180 valence electrons. The van der Waals surface area contributed by atoms with Crippen molar-refractivity contribution in [2.45, 2.75) is 20.3 Å². The number of allylic oxidation sites excluding steroid dienone is 13. The van der Waals surface area contributed by atoms with Crippen LogP contribution in [0.5, 0.6) is 0 Å². The molecular weight excluding hydrogens is 446 g/mol. The van der Waals surface area contributed by atoms with Crippen LogP contribution in [0.15, 0.2) is 150 Å². The van der Waals surface area contributed by atoms with Gasteiger partial charge in [-0.3, -0.25) is 0 Å². The van der Waals surface area contributed by atoms with E-state index in [0.29, 0.717) is 0 Å². The van der Waals surface area contributed by atoms with Crippen LogP contribution in [0.3, 0.4) is 0 Å². The van der Waals surface area contributed by atoms with E-state index in [1.165, 1.54) is 33.4 Å². The van der Waals surface area contributed by atoms with Gasteiger partial charge in [-0.05, 0) is 85.0 Å². The monoisotopic (exact) mass is 477 g/mol. The molecule has 1 atom stereocenters. The van der Waals surface area contributed by atoms with E-state index < -0.39 is 0 Å². The first-order valence-corrected chi connectivity index (χ1v) is 13.0. The van der Waals surface area contributed by atoms with Crippen LogP contribution in [0.2, 0.25) is 0 Å². The molecule has 0 saturated carbocycles. The van der Waals surface area contributed by atoms with Gasteiger partial charge in [0, 0.05) is 22.5 Å². The molecule has 1 nitrogen and oxygen atoms in total. The van der Waals surface area contributed by atoms with Crippen molar-refractivity contribution in [3.8, 4) is 0 Å².